The first kappa shape index (κ1) is 13.7. The zero-order chi connectivity index (χ0) is 14.4. The highest BCUT2D eigenvalue weighted by Gasteiger charge is 2.13. The number of aromatic nitrogens is 2. The van der Waals surface area contributed by atoms with Gasteiger partial charge in [0.2, 0.25) is 0 Å². The highest BCUT2D eigenvalue weighted by atomic mass is 127. The monoisotopic (exact) mass is 402 g/mol. The minimum absolute atomic E-state index is 0.116. The van der Waals surface area contributed by atoms with Crippen LogP contribution in [0.4, 0.5) is 8.78 Å². The van der Waals surface area contributed by atoms with E-state index in [1.54, 1.807) is 0 Å². The molecule has 1 heterocycles. The number of aromatic amines is 1. The molecule has 3 rings (SSSR count). The van der Waals surface area contributed by atoms with Crippen molar-refractivity contribution in [3.63, 3.8) is 0 Å². The fraction of sp³-hybridized carbons (Fsp3) is 0.0714. The SMILES string of the molecule is Cc1cc(F)c(-n2c(=S)[nH]c3cc(I)ccc32)cc1F. The number of halogens is 3. The highest BCUT2D eigenvalue weighted by molar-refractivity contribution is 14.1. The van der Waals surface area contributed by atoms with Gasteiger partial charge in [-0.05, 0) is 71.6 Å². The minimum Gasteiger partial charge on any atom is -0.330 e. The van der Waals surface area contributed by atoms with E-state index in [1.165, 1.54) is 23.6 Å². The third-order valence-corrected chi connectivity index (χ3v) is 4.07. The van der Waals surface area contributed by atoms with E-state index in [0.717, 1.165) is 14.6 Å². The summed E-state index contributed by atoms with van der Waals surface area (Å²) in [5.41, 5.74) is 1.90. The summed E-state index contributed by atoms with van der Waals surface area (Å²) in [4.78, 5) is 3.01. The number of H-pyrrole nitrogens is 1. The van der Waals surface area contributed by atoms with Crippen molar-refractivity contribution in [3.8, 4) is 5.69 Å². The normalized spacial score (nSPS) is 11.2. The van der Waals surface area contributed by atoms with Gasteiger partial charge in [0.15, 0.2) is 4.77 Å². The van der Waals surface area contributed by atoms with Gasteiger partial charge in [-0.15, -0.1) is 0 Å². The average molecular weight is 402 g/mol. The maximum absolute atomic E-state index is 14.1. The summed E-state index contributed by atoms with van der Waals surface area (Å²) in [6.07, 6.45) is 0. The topological polar surface area (TPSA) is 20.7 Å². The second kappa shape index (κ2) is 4.92. The Bertz CT molecular complexity index is 883. The van der Waals surface area contributed by atoms with E-state index >= 15 is 0 Å². The molecule has 0 saturated heterocycles. The molecule has 0 spiro atoms. The first-order chi connectivity index (χ1) is 9.47. The molecular weight excluding hydrogens is 393 g/mol. The molecule has 0 bridgehead atoms. The summed E-state index contributed by atoms with van der Waals surface area (Å²) >= 11 is 7.41. The van der Waals surface area contributed by atoms with E-state index in [2.05, 4.69) is 27.6 Å². The number of benzene rings is 2. The van der Waals surface area contributed by atoms with E-state index < -0.39 is 11.6 Å². The molecule has 1 N–H and O–H groups in total. The summed E-state index contributed by atoms with van der Waals surface area (Å²) in [7, 11) is 0. The van der Waals surface area contributed by atoms with Crippen molar-refractivity contribution in [2.24, 2.45) is 0 Å². The number of rotatable bonds is 1. The van der Waals surface area contributed by atoms with Crippen LogP contribution in [0.5, 0.6) is 0 Å². The standard InChI is InChI=1S/C14H9F2IN2S/c1-7-4-10(16)13(6-9(7)15)19-12-3-2-8(17)5-11(12)18-14(19)20/h2-6H,1H3,(H,18,20). The van der Waals surface area contributed by atoms with E-state index in [1.807, 2.05) is 18.2 Å². The van der Waals surface area contributed by atoms with Crippen LogP contribution in [-0.2, 0) is 0 Å². The fourth-order valence-corrected chi connectivity index (χ4v) is 2.93. The van der Waals surface area contributed by atoms with Crippen LogP contribution in [0.15, 0.2) is 30.3 Å². The first-order valence-corrected chi connectivity index (χ1v) is 7.32. The number of nitrogens with one attached hydrogen (secondary N) is 1. The zero-order valence-electron chi connectivity index (χ0n) is 10.4. The summed E-state index contributed by atoms with van der Waals surface area (Å²) < 4.78 is 30.7. The van der Waals surface area contributed by atoms with Crippen molar-refractivity contribution in [1.29, 1.82) is 0 Å². The van der Waals surface area contributed by atoms with Crippen LogP contribution < -0.4 is 0 Å². The van der Waals surface area contributed by atoms with E-state index in [9.17, 15) is 8.78 Å². The van der Waals surface area contributed by atoms with Gasteiger partial charge in [-0.3, -0.25) is 4.57 Å². The van der Waals surface area contributed by atoms with Crippen LogP contribution in [-0.4, -0.2) is 9.55 Å². The molecule has 1 aromatic heterocycles. The lowest BCUT2D eigenvalue weighted by molar-refractivity contribution is 0.586. The van der Waals surface area contributed by atoms with Gasteiger partial charge in [-0.25, -0.2) is 8.78 Å². The Balaban J connectivity index is 2.38. The van der Waals surface area contributed by atoms with Crippen LogP contribution in [0.3, 0.4) is 0 Å². The van der Waals surface area contributed by atoms with Crippen LogP contribution >= 0.6 is 34.8 Å². The predicted octanol–water partition coefficient (Wildman–Crippen LogP) is 4.88. The van der Waals surface area contributed by atoms with Crippen LogP contribution in [0.2, 0.25) is 0 Å². The molecule has 0 unspecified atom stereocenters. The van der Waals surface area contributed by atoms with E-state index in [0.29, 0.717) is 4.77 Å². The van der Waals surface area contributed by atoms with Gasteiger partial charge >= 0.3 is 0 Å². The molecule has 0 aliphatic rings. The molecule has 20 heavy (non-hydrogen) atoms. The Morgan fingerprint density at radius 2 is 1.90 bits per heavy atom. The maximum atomic E-state index is 14.1. The summed E-state index contributed by atoms with van der Waals surface area (Å²) in [6.45, 7) is 1.53. The Labute approximate surface area is 132 Å². The van der Waals surface area contributed by atoms with Crippen molar-refractivity contribution in [2.75, 3.05) is 0 Å². The molecule has 2 nitrogen and oxygen atoms in total. The van der Waals surface area contributed by atoms with Gasteiger partial charge in [-0.2, -0.15) is 0 Å². The number of fused-ring (bicyclic) bond motifs is 1. The molecule has 0 radical (unpaired) electrons. The van der Waals surface area contributed by atoms with Gasteiger partial charge < -0.3 is 4.98 Å². The Kier molecular flexibility index (Phi) is 3.37. The molecule has 6 heteroatoms. The van der Waals surface area contributed by atoms with Gasteiger partial charge in [0.25, 0.3) is 0 Å². The largest absolute Gasteiger partial charge is 0.330 e. The molecule has 0 atom stereocenters. The Morgan fingerprint density at radius 1 is 1.15 bits per heavy atom. The van der Waals surface area contributed by atoms with Crippen LogP contribution in [0.25, 0.3) is 16.7 Å². The van der Waals surface area contributed by atoms with E-state index in [-0.39, 0.29) is 11.3 Å². The average Bonchev–Trinajstić information content (AvgIpc) is 2.69. The fourth-order valence-electron chi connectivity index (χ4n) is 2.13. The van der Waals surface area contributed by atoms with Crippen molar-refractivity contribution < 1.29 is 8.78 Å². The van der Waals surface area contributed by atoms with E-state index in [4.69, 9.17) is 12.2 Å². The molecule has 0 fully saturated rings. The Morgan fingerprint density at radius 3 is 2.65 bits per heavy atom. The minimum atomic E-state index is -0.501. The summed E-state index contributed by atoms with van der Waals surface area (Å²) in [5, 5.41) is 0. The molecule has 0 aliphatic carbocycles. The molecular formula is C14H9F2IN2S. The number of hydrogen-bond acceptors (Lipinski definition) is 1. The van der Waals surface area contributed by atoms with Crippen LogP contribution in [0.1, 0.15) is 5.56 Å². The molecule has 102 valence electrons. The molecule has 0 saturated carbocycles. The van der Waals surface area contributed by atoms with Gasteiger partial charge in [-0.1, -0.05) is 0 Å². The second-order valence-electron chi connectivity index (χ2n) is 4.48. The number of nitrogens with zero attached hydrogens (tertiary/aromatic N) is 1. The smallest absolute Gasteiger partial charge is 0.182 e. The second-order valence-corrected chi connectivity index (χ2v) is 6.11. The lowest BCUT2D eigenvalue weighted by atomic mass is 10.2. The van der Waals surface area contributed by atoms with Gasteiger partial charge in [0.1, 0.15) is 11.6 Å². The third kappa shape index (κ3) is 2.16. The number of hydrogen-bond donors (Lipinski definition) is 1. The summed E-state index contributed by atoms with van der Waals surface area (Å²) in [5.74, 6) is -0.956. The van der Waals surface area contributed by atoms with Crippen LogP contribution in [0, 0.1) is 26.9 Å². The maximum Gasteiger partial charge on any atom is 0.182 e. The molecule has 0 amide bonds. The highest BCUT2D eigenvalue weighted by Crippen LogP contribution is 2.25. The molecule has 0 aliphatic heterocycles. The first-order valence-electron chi connectivity index (χ1n) is 5.83. The third-order valence-electron chi connectivity index (χ3n) is 3.11. The quantitative estimate of drug-likeness (QED) is 0.455. The van der Waals surface area contributed by atoms with Gasteiger partial charge in [0.05, 0.1) is 16.7 Å². The number of imidazole rings is 1. The van der Waals surface area contributed by atoms with Crippen molar-refractivity contribution in [2.45, 2.75) is 6.92 Å². The zero-order valence-corrected chi connectivity index (χ0v) is 13.4. The molecule has 3 aromatic rings. The molecule has 2 aromatic carbocycles. The Hall–Kier alpha value is -1.28. The van der Waals surface area contributed by atoms with Crippen molar-refractivity contribution in [3.05, 3.63) is 55.9 Å². The van der Waals surface area contributed by atoms with Gasteiger partial charge in [0, 0.05) is 9.64 Å². The summed E-state index contributed by atoms with van der Waals surface area (Å²) in [6, 6.07) is 7.99. The lowest BCUT2D eigenvalue weighted by Crippen LogP contribution is -2.00. The number of aryl methyl sites for hydroxylation is 1. The van der Waals surface area contributed by atoms with Crippen molar-refractivity contribution >= 4 is 45.8 Å². The predicted molar refractivity (Wildman–Crippen MR) is 85.8 cm³/mol. The van der Waals surface area contributed by atoms with Crippen molar-refractivity contribution in [1.82, 2.24) is 9.55 Å². The lowest BCUT2D eigenvalue weighted by Gasteiger charge is -2.08.